The molecule has 1 saturated heterocycles. The van der Waals surface area contributed by atoms with Crippen LogP contribution in [-0.4, -0.2) is 36.2 Å². The van der Waals surface area contributed by atoms with E-state index in [9.17, 15) is 4.79 Å². The van der Waals surface area contributed by atoms with Crippen molar-refractivity contribution < 1.29 is 14.1 Å². The monoisotopic (exact) mass is 360 g/mol. The predicted molar refractivity (Wildman–Crippen MR) is 106 cm³/mol. The Morgan fingerprint density at radius 1 is 1.12 bits per heavy atom. The highest BCUT2D eigenvalue weighted by Gasteiger charge is 2.54. The first-order valence-electron chi connectivity index (χ1n) is 9.47. The molecule has 1 aromatic carbocycles. The predicted octanol–water partition coefficient (Wildman–Crippen LogP) is 2.72. The molecule has 0 spiro atoms. The maximum atomic E-state index is 12.7. The quantitative estimate of drug-likeness (QED) is 0.734. The molecule has 26 heavy (non-hydrogen) atoms. The van der Waals surface area contributed by atoms with Gasteiger partial charge in [0.05, 0.1) is 23.2 Å². The van der Waals surface area contributed by atoms with Gasteiger partial charge < -0.3 is 20.4 Å². The number of amides is 1. The van der Waals surface area contributed by atoms with E-state index in [2.05, 4.69) is 19.2 Å². The lowest BCUT2D eigenvalue weighted by atomic mass is 9.74. The second-order valence-corrected chi connectivity index (χ2v) is 8.67. The van der Waals surface area contributed by atoms with Crippen LogP contribution in [0.5, 0.6) is 0 Å². The Balaban J connectivity index is 2.04. The molecule has 5 nitrogen and oxygen atoms in total. The first-order chi connectivity index (χ1) is 12.0. The normalized spacial score (nSPS) is 20.8. The van der Waals surface area contributed by atoms with Gasteiger partial charge in [-0.15, -0.1) is 0 Å². The van der Waals surface area contributed by atoms with Crippen molar-refractivity contribution >= 4 is 13.0 Å². The summed E-state index contributed by atoms with van der Waals surface area (Å²) in [6, 6.07) is 9.21. The number of nitrogens with two attached hydrogens (primary N) is 1. The highest BCUT2D eigenvalue weighted by atomic mass is 16.7. The van der Waals surface area contributed by atoms with Crippen LogP contribution in [0.1, 0.15) is 53.5 Å². The van der Waals surface area contributed by atoms with Gasteiger partial charge in [-0.3, -0.25) is 4.79 Å². The lowest BCUT2D eigenvalue weighted by molar-refractivity contribution is -0.122. The number of rotatable bonds is 7. The number of hydrogen-bond acceptors (Lipinski definition) is 4. The summed E-state index contributed by atoms with van der Waals surface area (Å²) in [7, 11) is -0.477. The molecular weight excluding hydrogens is 327 g/mol. The molecular formula is C20H33BN2O3. The molecule has 1 amide bonds. The molecule has 1 aliphatic rings. The van der Waals surface area contributed by atoms with E-state index in [0.29, 0.717) is 12.3 Å². The fourth-order valence-electron chi connectivity index (χ4n) is 3.05. The van der Waals surface area contributed by atoms with Gasteiger partial charge in [0, 0.05) is 0 Å². The molecule has 2 atom stereocenters. The molecule has 0 unspecified atom stereocenters. The molecule has 1 fully saturated rings. The molecule has 3 N–H and O–H groups in total. The third-order valence-electron chi connectivity index (χ3n) is 5.29. The molecule has 6 heteroatoms. The van der Waals surface area contributed by atoms with Gasteiger partial charge in [0.1, 0.15) is 0 Å². The third kappa shape index (κ3) is 5.09. The second-order valence-electron chi connectivity index (χ2n) is 8.67. The fourth-order valence-corrected chi connectivity index (χ4v) is 3.05. The second kappa shape index (κ2) is 8.11. The highest BCUT2D eigenvalue weighted by Crippen LogP contribution is 2.38. The van der Waals surface area contributed by atoms with Crippen molar-refractivity contribution in [3.8, 4) is 0 Å². The van der Waals surface area contributed by atoms with Gasteiger partial charge in [0.2, 0.25) is 5.91 Å². The first-order valence-corrected chi connectivity index (χ1v) is 9.47. The fraction of sp³-hybridized carbons (Fsp3) is 0.650. The van der Waals surface area contributed by atoms with Crippen LogP contribution in [0.15, 0.2) is 30.3 Å². The average Bonchev–Trinajstić information content (AvgIpc) is 2.75. The number of nitrogens with one attached hydrogen (secondary N) is 1. The van der Waals surface area contributed by atoms with Crippen LogP contribution in [0.25, 0.3) is 0 Å². The van der Waals surface area contributed by atoms with E-state index in [1.165, 1.54) is 0 Å². The Labute approximate surface area is 158 Å². The van der Waals surface area contributed by atoms with E-state index in [-0.39, 0.29) is 11.8 Å². The van der Waals surface area contributed by atoms with E-state index in [1.807, 2.05) is 58.0 Å². The van der Waals surface area contributed by atoms with E-state index in [1.54, 1.807) is 0 Å². The van der Waals surface area contributed by atoms with Gasteiger partial charge >= 0.3 is 7.12 Å². The maximum absolute atomic E-state index is 12.7. The van der Waals surface area contributed by atoms with Crippen molar-refractivity contribution in [2.45, 2.75) is 77.6 Å². The Bertz CT molecular complexity index is 588. The number of hydrogen-bond donors (Lipinski definition) is 2. The van der Waals surface area contributed by atoms with Crippen molar-refractivity contribution in [1.29, 1.82) is 0 Å². The van der Waals surface area contributed by atoms with Gasteiger partial charge in [-0.1, -0.05) is 44.2 Å². The van der Waals surface area contributed by atoms with Crippen LogP contribution in [0, 0.1) is 5.92 Å². The molecule has 144 valence electrons. The van der Waals surface area contributed by atoms with Crippen LogP contribution >= 0.6 is 0 Å². The molecule has 1 aromatic rings. The summed E-state index contributed by atoms with van der Waals surface area (Å²) < 4.78 is 12.3. The molecule has 2 rings (SSSR count). The Morgan fingerprint density at radius 2 is 1.65 bits per heavy atom. The Morgan fingerprint density at radius 3 is 2.15 bits per heavy atom. The minimum Gasteiger partial charge on any atom is -0.402 e. The summed E-state index contributed by atoms with van der Waals surface area (Å²) in [5.41, 5.74) is 6.33. The lowest BCUT2D eigenvalue weighted by Gasteiger charge is -2.32. The molecule has 0 aromatic heterocycles. The molecule has 1 aliphatic heterocycles. The molecule has 0 radical (unpaired) electrons. The summed E-state index contributed by atoms with van der Waals surface area (Å²) in [6.07, 6.45) is 1.27. The third-order valence-corrected chi connectivity index (χ3v) is 5.29. The van der Waals surface area contributed by atoms with Gasteiger partial charge in [0.15, 0.2) is 0 Å². The van der Waals surface area contributed by atoms with Crippen molar-refractivity contribution in [3.05, 3.63) is 35.9 Å². The number of carbonyl (C=O) groups excluding carboxylic acids is 1. The zero-order chi connectivity index (χ0) is 19.5. The van der Waals surface area contributed by atoms with Crippen LogP contribution in [0.4, 0.5) is 0 Å². The van der Waals surface area contributed by atoms with Gasteiger partial charge in [0.25, 0.3) is 0 Å². The summed E-state index contributed by atoms with van der Waals surface area (Å²) in [4.78, 5) is 12.7. The largest absolute Gasteiger partial charge is 0.481 e. The van der Waals surface area contributed by atoms with E-state index < -0.39 is 24.4 Å². The molecule has 1 heterocycles. The van der Waals surface area contributed by atoms with Crippen LogP contribution in [0.3, 0.4) is 0 Å². The van der Waals surface area contributed by atoms with Crippen molar-refractivity contribution in [1.82, 2.24) is 5.32 Å². The minimum atomic E-state index is -0.602. The first kappa shape index (κ1) is 20.9. The van der Waals surface area contributed by atoms with Gasteiger partial charge in [-0.2, -0.15) is 0 Å². The topological polar surface area (TPSA) is 73.6 Å². The van der Waals surface area contributed by atoms with Gasteiger partial charge in [-0.25, -0.2) is 0 Å². The summed E-state index contributed by atoms with van der Waals surface area (Å²) in [5.74, 6) is -0.00994. The van der Waals surface area contributed by atoms with Crippen LogP contribution in [0.2, 0.25) is 0 Å². The Hall–Kier alpha value is -1.37. The summed E-state index contributed by atoms with van der Waals surface area (Å²) in [6.45, 7) is 12.3. The summed E-state index contributed by atoms with van der Waals surface area (Å²) in [5, 5.41) is 3.07. The van der Waals surface area contributed by atoms with Crippen LogP contribution in [-0.2, 0) is 20.5 Å². The number of carbonyl (C=O) groups is 1. The molecule has 0 saturated carbocycles. The zero-order valence-electron chi connectivity index (χ0n) is 16.9. The van der Waals surface area contributed by atoms with Gasteiger partial charge in [-0.05, 0) is 52.0 Å². The SMILES string of the molecule is CC(C)C[C@@H](NC(=O)[C@@H](N)Cc1ccccc1)B1OC(C)(C)C(C)(C)O1. The Kier molecular flexibility index (Phi) is 6.53. The van der Waals surface area contributed by atoms with Crippen molar-refractivity contribution in [2.75, 3.05) is 0 Å². The number of benzene rings is 1. The zero-order valence-corrected chi connectivity index (χ0v) is 16.9. The highest BCUT2D eigenvalue weighted by molar-refractivity contribution is 6.48. The average molecular weight is 360 g/mol. The van der Waals surface area contributed by atoms with Crippen LogP contribution < -0.4 is 11.1 Å². The van der Waals surface area contributed by atoms with Crippen molar-refractivity contribution in [3.63, 3.8) is 0 Å². The maximum Gasteiger partial charge on any atom is 0.481 e. The van der Waals surface area contributed by atoms with E-state index >= 15 is 0 Å². The molecule has 0 aliphatic carbocycles. The molecule has 0 bridgehead atoms. The van der Waals surface area contributed by atoms with E-state index in [4.69, 9.17) is 15.0 Å². The summed E-state index contributed by atoms with van der Waals surface area (Å²) >= 11 is 0. The van der Waals surface area contributed by atoms with Crippen molar-refractivity contribution in [2.24, 2.45) is 11.7 Å². The standard InChI is InChI=1S/C20H33BN2O3/c1-14(2)12-17(21-25-19(3,4)20(5,6)26-21)23-18(24)16(22)13-15-10-8-7-9-11-15/h7-11,14,16-17H,12-13,22H2,1-6H3,(H,23,24)/t16-,17+/m0/s1. The lowest BCUT2D eigenvalue weighted by Crippen LogP contribution is -2.53. The smallest absolute Gasteiger partial charge is 0.402 e. The minimum absolute atomic E-state index is 0.172. The van der Waals surface area contributed by atoms with E-state index in [0.717, 1.165) is 12.0 Å².